The standard InChI is InChI=1S/C13H21N3O/c1-10-5-7-15-9-11(10)12(16-14)13(2)6-3-4-8-17-13/h5,7,9,12,16H,3-4,6,8,14H2,1-2H3. The van der Waals surface area contributed by atoms with Gasteiger partial charge in [-0.1, -0.05) is 0 Å². The number of hydrogen-bond acceptors (Lipinski definition) is 4. The van der Waals surface area contributed by atoms with Crippen molar-refractivity contribution in [1.82, 2.24) is 10.4 Å². The molecule has 2 heterocycles. The number of nitrogens with zero attached hydrogens (tertiary/aromatic N) is 1. The molecule has 1 aliphatic rings. The van der Waals surface area contributed by atoms with Crippen molar-refractivity contribution in [3.63, 3.8) is 0 Å². The molecule has 17 heavy (non-hydrogen) atoms. The van der Waals surface area contributed by atoms with Crippen molar-refractivity contribution in [1.29, 1.82) is 0 Å². The topological polar surface area (TPSA) is 60.2 Å². The van der Waals surface area contributed by atoms with Crippen LogP contribution in [0.15, 0.2) is 18.5 Å². The second-order valence-electron chi connectivity index (χ2n) is 4.95. The first-order valence-electron chi connectivity index (χ1n) is 6.18. The summed E-state index contributed by atoms with van der Waals surface area (Å²) in [5.41, 5.74) is 4.99. The Morgan fingerprint density at radius 3 is 2.94 bits per heavy atom. The minimum atomic E-state index is -0.235. The van der Waals surface area contributed by atoms with Gasteiger partial charge in [-0.2, -0.15) is 0 Å². The molecule has 2 unspecified atom stereocenters. The molecular weight excluding hydrogens is 214 g/mol. The molecule has 0 aromatic carbocycles. The number of hydrogen-bond donors (Lipinski definition) is 2. The Morgan fingerprint density at radius 2 is 2.35 bits per heavy atom. The third-order valence-corrected chi connectivity index (χ3v) is 3.67. The molecule has 3 N–H and O–H groups in total. The zero-order valence-corrected chi connectivity index (χ0v) is 10.6. The van der Waals surface area contributed by atoms with Crippen LogP contribution in [-0.2, 0) is 4.74 Å². The molecule has 0 spiro atoms. The number of aryl methyl sites for hydroxylation is 1. The SMILES string of the molecule is Cc1ccncc1C(NN)C1(C)CCCCO1. The number of nitrogens with one attached hydrogen (secondary N) is 1. The minimum absolute atomic E-state index is 0.00324. The van der Waals surface area contributed by atoms with Crippen molar-refractivity contribution in [2.45, 2.75) is 44.8 Å². The molecule has 4 heteroatoms. The van der Waals surface area contributed by atoms with E-state index in [0.29, 0.717) is 0 Å². The van der Waals surface area contributed by atoms with Crippen LogP contribution in [-0.4, -0.2) is 17.2 Å². The Hall–Kier alpha value is -0.970. The van der Waals surface area contributed by atoms with E-state index in [2.05, 4.69) is 24.3 Å². The van der Waals surface area contributed by atoms with Crippen molar-refractivity contribution < 1.29 is 4.74 Å². The quantitative estimate of drug-likeness (QED) is 0.620. The molecule has 0 amide bonds. The van der Waals surface area contributed by atoms with Crippen LogP contribution in [0, 0.1) is 6.92 Å². The minimum Gasteiger partial charge on any atom is -0.373 e. The summed E-state index contributed by atoms with van der Waals surface area (Å²) < 4.78 is 5.96. The Bertz CT molecular complexity index is 375. The Balaban J connectivity index is 2.29. The maximum absolute atomic E-state index is 5.96. The lowest BCUT2D eigenvalue weighted by atomic mass is 9.84. The summed E-state index contributed by atoms with van der Waals surface area (Å²) in [6, 6.07) is 2.00. The predicted molar refractivity (Wildman–Crippen MR) is 67.2 cm³/mol. The van der Waals surface area contributed by atoms with E-state index in [1.807, 2.05) is 12.3 Å². The van der Waals surface area contributed by atoms with Crippen molar-refractivity contribution >= 4 is 0 Å². The second kappa shape index (κ2) is 5.12. The summed E-state index contributed by atoms with van der Waals surface area (Å²) in [5, 5.41) is 0. The Labute approximate surface area is 103 Å². The number of nitrogens with two attached hydrogens (primary N) is 1. The van der Waals surface area contributed by atoms with Gasteiger partial charge in [0.2, 0.25) is 0 Å². The van der Waals surface area contributed by atoms with Crippen LogP contribution in [0.1, 0.15) is 43.4 Å². The molecule has 1 aromatic heterocycles. The van der Waals surface area contributed by atoms with Crippen LogP contribution < -0.4 is 11.3 Å². The third-order valence-electron chi connectivity index (χ3n) is 3.67. The van der Waals surface area contributed by atoms with E-state index in [1.165, 1.54) is 12.0 Å². The fourth-order valence-corrected chi connectivity index (χ4v) is 2.56. The van der Waals surface area contributed by atoms with E-state index in [-0.39, 0.29) is 11.6 Å². The number of ether oxygens (including phenoxy) is 1. The zero-order chi connectivity index (χ0) is 12.3. The average molecular weight is 235 g/mol. The van der Waals surface area contributed by atoms with Crippen molar-refractivity contribution in [2.24, 2.45) is 5.84 Å². The molecule has 0 saturated carbocycles. The smallest absolute Gasteiger partial charge is 0.0861 e. The van der Waals surface area contributed by atoms with Crippen LogP contribution in [0.25, 0.3) is 0 Å². The van der Waals surface area contributed by atoms with E-state index in [9.17, 15) is 0 Å². The van der Waals surface area contributed by atoms with E-state index < -0.39 is 0 Å². The lowest BCUT2D eigenvalue weighted by Gasteiger charge is -2.40. The highest BCUT2D eigenvalue weighted by Gasteiger charge is 2.38. The molecule has 1 saturated heterocycles. The normalized spacial score (nSPS) is 26.8. The summed E-state index contributed by atoms with van der Waals surface area (Å²) in [4.78, 5) is 4.19. The van der Waals surface area contributed by atoms with Gasteiger partial charge in [0.25, 0.3) is 0 Å². The molecule has 94 valence electrons. The van der Waals surface area contributed by atoms with Crippen LogP contribution in [0.4, 0.5) is 0 Å². The first-order chi connectivity index (χ1) is 8.17. The monoisotopic (exact) mass is 235 g/mol. The number of aromatic nitrogens is 1. The van der Waals surface area contributed by atoms with Gasteiger partial charge in [0.1, 0.15) is 0 Å². The van der Waals surface area contributed by atoms with Gasteiger partial charge in [-0.25, -0.2) is 0 Å². The molecule has 1 aliphatic heterocycles. The maximum Gasteiger partial charge on any atom is 0.0861 e. The summed E-state index contributed by atoms with van der Waals surface area (Å²) in [6.07, 6.45) is 7.03. The summed E-state index contributed by atoms with van der Waals surface area (Å²) >= 11 is 0. The number of hydrazine groups is 1. The molecule has 0 aliphatic carbocycles. The maximum atomic E-state index is 5.96. The Morgan fingerprint density at radius 1 is 1.53 bits per heavy atom. The highest BCUT2D eigenvalue weighted by molar-refractivity contribution is 5.27. The number of pyridine rings is 1. The molecule has 1 fully saturated rings. The molecular formula is C13H21N3O. The van der Waals surface area contributed by atoms with Crippen LogP contribution in [0.5, 0.6) is 0 Å². The van der Waals surface area contributed by atoms with Crippen molar-refractivity contribution in [3.05, 3.63) is 29.6 Å². The van der Waals surface area contributed by atoms with Gasteiger partial charge in [-0.3, -0.25) is 16.3 Å². The largest absolute Gasteiger partial charge is 0.373 e. The Kier molecular flexibility index (Phi) is 3.76. The lowest BCUT2D eigenvalue weighted by molar-refractivity contribution is -0.0900. The van der Waals surface area contributed by atoms with Gasteiger partial charge < -0.3 is 4.74 Å². The van der Waals surface area contributed by atoms with Crippen LogP contribution >= 0.6 is 0 Å². The zero-order valence-electron chi connectivity index (χ0n) is 10.6. The summed E-state index contributed by atoms with van der Waals surface area (Å²) in [5.74, 6) is 5.73. The fraction of sp³-hybridized carbons (Fsp3) is 0.615. The summed E-state index contributed by atoms with van der Waals surface area (Å²) in [7, 11) is 0. The lowest BCUT2D eigenvalue weighted by Crippen LogP contribution is -2.48. The van der Waals surface area contributed by atoms with Crippen molar-refractivity contribution in [3.8, 4) is 0 Å². The van der Waals surface area contributed by atoms with Gasteiger partial charge in [-0.05, 0) is 50.3 Å². The van der Waals surface area contributed by atoms with Gasteiger partial charge in [-0.15, -0.1) is 0 Å². The van der Waals surface area contributed by atoms with Crippen LogP contribution in [0.2, 0.25) is 0 Å². The van der Waals surface area contributed by atoms with Gasteiger partial charge in [0.15, 0.2) is 0 Å². The average Bonchev–Trinajstić information content (AvgIpc) is 2.33. The molecule has 0 bridgehead atoms. The van der Waals surface area contributed by atoms with Gasteiger partial charge in [0, 0.05) is 19.0 Å². The first kappa shape index (κ1) is 12.5. The summed E-state index contributed by atoms with van der Waals surface area (Å²) in [6.45, 7) is 5.02. The van der Waals surface area contributed by atoms with E-state index >= 15 is 0 Å². The highest BCUT2D eigenvalue weighted by Crippen LogP contribution is 2.36. The molecule has 0 radical (unpaired) electrons. The molecule has 4 nitrogen and oxygen atoms in total. The van der Waals surface area contributed by atoms with E-state index in [4.69, 9.17) is 10.6 Å². The molecule has 2 atom stereocenters. The fourth-order valence-electron chi connectivity index (χ4n) is 2.56. The van der Waals surface area contributed by atoms with E-state index in [0.717, 1.165) is 25.0 Å². The third kappa shape index (κ3) is 2.49. The van der Waals surface area contributed by atoms with E-state index in [1.54, 1.807) is 6.20 Å². The highest BCUT2D eigenvalue weighted by atomic mass is 16.5. The number of rotatable bonds is 3. The first-order valence-corrected chi connectivity index (χ1v) is 6.18. The van der Waals surface area contributed by atoms with Crippen LogP contribution in [0.3, 0.4) is 0 Å². The predicted octanol–water partition coefficient (Wildman–Crippen LogP) is 1.85. The van der Waals surface area contributed by atoms with Gasteiger partial charge in [0.05, 0.1) is 11.6 Å². The van der Waals surface area contributed by atoms with Gasteiger partial charge >= 0.3 is 0 Å². The molecule has 1 aromatic rings. The molecule has 2 rings (SSSR count). The second-order valence-corrected chi connectivity index (χ2v) is 4.95. The van der Waals surface area contributed by atoms with Crippen molar-refractivity contribution in [2.75, 3.05) is 6.61 Å².